The number of carbonyl (C=O) groups excluding carboxylic acids is 1. The lowest BCUT2D eigenvalue weighted by Gasteiger charge is -2.37. The van der Waals surface area contributed by atoms with E-state index in [1.165, 1.54) is 6.07 Å². The second-order valence-corrected chi connectivity index (χ2v) is 7.64. The molecule has 1 aromatic carbocycles. The van der Waals surface area contributed by atoms with Gasteiger partial charge in [-0.1, -0.05) is 12.1 Å². The predicted octanol–water partition coefficient (Wildman–Crippen LogP) is 2.61. The average molecular weight is 356 g/mol. The summed E-state index contributed by atoms with van der Waals surface area (Å²) in [4.78, 5) is 18.5. The largest absolute Gasteiger partial charge is 0.336 e. The van der Waals surface area contributed by atoms with Crippen LogP contribution in [0.5, 0.6) is 0 Å². The highest BCUT2D eigenvalue weighted by Gasteiger charge is 2.41. The summed E-state index contributed by atoms with van der Waals surface area (Å²) in [5.41, 5.74) is 1.09. The maximum Gasteiger partial charge on any atom is 0.223 e. The molecule has 1 aromatic heterocycles. The number of likely N-dealkylation sites (tertiary alicyclic amines) is 1. The third-order valence-corrected chi connectivity index (χ3v) is 5.94. The lowest BCUT2D eigenvalue weighted by atomic mass is 9.75. The fraction of sp³-hybridized carbons (Fsp3) is 0.500. The van der Waals surface area contributed by atoms with Crippen molar-refractivity contribution in [3.05, 3.63) is 53.9 Å². The Bertz CT molecular complexity index is 799. The van der Waals surface area contributed by atoms with Crippen molar-refractivity contribution in [2.24, 2.45) is 13.0 Å². The summed E-state index contributed by atoms with van der Waals surface area (Å²) in [6.07, 6.45) is 6.30. The van der Waals surface area contributed by atoms with Gasteiger partial charge in [-0.15, -0.1) is 0 Å². The molecule has 2 aliphatic rings. The zero-order valence-electron chi connectivity index (χ0n) is 15.2. The van der Waals surface area contributed by atoms with Crippen LogP contribution in [0.4, 0.5) is 4.39 Å². The zero-order valence-corrected chi connectivity index (χ0v) is 15.2. The van der Waals surface area contributed by atoms with Gasteiger partial charge in [0.25, 0.3) is 0 Å². The highest BCUT2D eigenvalue weighted by molar-refractivity contribution is 5.79. The van der Waals surface area contributed by atoms with E-state index >= 15 is 0 Å². The highest BCUT2D eigenvalue weighted by Crippen LogP contribution is 2.39. The number of benzene rings is 1. The van der Waals surface area contributed by atoms with E-state index in [0.717, 1.165) is 30.8 Å². The average Bonchev–Trinajstić information content (AvgIpc) is 3.10. The van der Waals surface area contributed by atoms with Gasteiger partial charge in [-0.05, 0) is 36.5 Å². The SMILES string of the molecule is CN1C(=O)C[C@@H](CNC2CC(c3cccc(F)c3)C2)[C@@H]1c1nccn1C. The minimum atomic E-state index is -0.163. The maximum atomic E-state index is 13.4. The number of amides is 1. The molecule has 5 nitrogen and oxygen atoms in total. The third-order valence-electron chi connectivity index (χ3n) is 5.94. The number of aryl methyl sites for hydroxylation is 1. The molecule has 2 aromatic rings. The highest BCUT2D eigenvalue weighted by atomic mass is 19.1. The molecule has 2 heterocycles. The topological polar surface area (TPSA) is 50.2 Å². The fourth-order valence-corrected chi connectivity index (χ4v) is 4.32. The minimum absolute atomic E-state index is 0.0223. The molecular weight excluding hydrogens is 331 g/mol. The number of hydrogen-bond donors (Lipinski definition) is 1. The van der Waals surface area contributed by atoms with E-state index in [-0.39, 0.29) is 23.7 Å². The Hall–Kier alpha value is -2.21. The molecule has 1 saturated heterocycles. The summed E-state index contributed by atoms with van der Waals surface area (Å²) < 4.78 is 15.4. The van der Waals surface area contributed by atoms with E-state index in [1.54, 1.807) is 18.3 Å². The number of nitrogens with zero attached hydrogens (tertiary/aromatic N) is 3. The fourth-order valence-electron chi connectivity index (χ4n) is 4.32. The third kappa shape index (κ3) is 3.14. The lowest BCUT2D eigenvalue weighted by molar-refractivity contribution is -0.127. The monoisotopic (exact) mass is 356 g/mol. The van der Waals surface area contributed by atoms with Crippen molar-refractivity contribution < 1.29 is 9.18 Å². The summed E-state index contributed by atoms with van der Waals surface area (Å²) in [5.74, 6) is 1.61. The first-order valence-corrected chi connectivity index (χ1v) is 9.24. The molecule has 26 heavy (non-hydrogen) atoms. The first kappa shape index (κ1) is 17.2. The van der Waals surface area contributed by atoms with Gasteiger partial charge in [0.2, 0.25) is 5.91 Å². The van der Waals surface area contributed by atoms with Crippen molar-refractivity contribution in [1.82, 2.24) is 19.8 Å². The molecular formula is C20H25FN4O. The Balaban J connectivity index is 1.35. The summed E-state index contributed by atoms with van der Waals surface area (Å²) in [6.45, 7) is 0.800. The number of rotatable bonds is 5. The van der Waals surface area contributed by atoms with Crippen LogP contribution >= 0.6 is 0 Å². The number of aromatic nitrogens is 2. The van der Waals surface area contributed by atoms with E-state index in [4.69, 9.17) is 0 Å². The molecule has 4 rings (SSSR count). The molecule has 1 amide bonds. The zero-order chi connectivity index (χ0) is 18.3. The van der Waals surface area contributed by atoms with Crippen LogP contribution in [-0.2, 0) is 11.8 Å². The predicted molar refractivity (Wildman–Crippen MR) is 97.0 cm³/mol. The summed E-state index contributed by atoms with van der Waals surface area (Å²) in [7, 11) is 3.84. The Morgan fingerprint density at radius 1 is 1.31 bits per heavy atom. The number of halogens is 1. The molecule has 0 unspecified atom stereocenters. The van der Waals surface area contributed by atoms with Gasteiger partial charge in [-0.3, -0.25) is 4.79 Å². The second kappa shape index (κ2) is 6.83. The van der Waals surface area contributed by atoms with E-state index in [2.05, 4.69) is 10.3 Å². The minimum Gasteiger partial charge on any atom is -0.336 e. The molecule has 1 N–H and O–H groups in total. The number of carbonyl (C=O) groups is 1. The summed E-state index contributed by atoms with van der Waals surface area (Å²) in [6, 6.07) is 7.38. The normalized spacial score (nSPS) is 28.4. The second-order valence-electron chi connectivity index (χ2n) is 7.64. The van der Waals surface area contributed by atoms with Gasteiger partial charge in [0, 0.05) is 51.4 Å². The van der Waals surface area contributed by atoms with E-state index < -0.39 is 0 Å². The van der Waals surface area contributed by atoms with Gasteiger partial charge in [0.1, 0.15) is 11.6 Å². The van der Waals surface area contributed by atoms with Crippen LogP contribution in [0, 0.1) is 11.7 Å². The van der Waals surface area contributed by atoms with Gasteiger partial charge < -0.3 is 14.8 Å². The van der Waals surface area contributed by atoms with Crippen LogP contribution in [0.3, 0.4) is 0 Å². The van der Waals surface area contributed by atoms with Crippen molar-refractivity contribution in [1.29, 1.82) is 0 Å². The van der Waals surface area contributed by atoms with Gasteiger partial charge in [0.05, 0.1) is 6.04 Å². The van der Waals surface area contributed by atoms with Crippen LogP contribution in [0.1, 0.15) is 42.6 Å². The standard InChI is InChI=1S/C20H25FN4O/c1-24-7-6-22-20(24)19-15(11-18(26)25(19)2)12-23-17-9-14(10-17)13-4-3-5-16(21)8-13/h3-8,14-15,17,19,23H,9-12H2,1-2H3/t14?,15-,17?,19+/m0/s1. The van der Waals surface area contributed by atoms with Crippen LogP contribution in [-0.4, -0.2) is 40.0 Å². The molecule has 138 valence electrons. The molecule has 0 spiro atoms. The van der Waals surface area contributed by atoms with E-state index in [1.807, 2.05) is 35.8 Å². The summed E-state index contributed by atoms with van der Waals surface area (Å²) in [5, 5.41) is 3.62. The van der Waals surface area contributed by atoms with E-state index in [9.17, 15) is 9.18 Å². The van der Waals surface area contributed by atoms with Gasteiger partial charge in [-0.2, -0.15) is 0 Å². The van der Waals surface area contributed by atoms with Gasteiger partial charge >= 0.3 is 0 Å². The van der Waals surface area contributed by atoms with Crippen LogP contribution in [0.25, 0.3) is 0 Å². The van der Waals surface area contributed by atoms with E-state index in [0.29, 0.717) is 18.4 Å². The first-order chi connectivity index (χ1) is 12.5. The summed E-state index contributed by atoms with van der Waals surface area (Å²) >= 11 is 0. The molecule has 1 saturated carbocycles. The Morgan fingerprint density at radius 2 is 2.12 bits per heavy atom. The Kier molecular flexibility index (Phi) is 4.53. The molecule has 1 aliphatic carbocycles. The first-order valence-electron chi connectivity index (χ1n) is 9.24. The van der Waals surface area contributed by atoms with Crippen LogP contribution < -0.4 is 5.32 Å². The number of nitrogens with one attached hydrogen (secondary N) is 1. The molecule has 0 radical (unpaired) electrons. The van der Waals surface area contributed by atoms with Crippen molar-refractivity contribution in [3.8, 4) is 0 Å². The lowest BCUT2D eigenvalue weighted by Crippen LogP contribution is -2.43. The van der Waals surface area contributed by atoms with Crippen molar-refractivity contribution >= 4 is 5.91 Å². The molecule has 0 bridgehead atoms. The maximum absolute atomic E-state index is 13.4. The molecule has 6 heteroatoms. The molecule has 2 fully saturated rings. The number of hydrogen-bond acceptors (Lipinski definition) is 3. The van der Waals surface area contributed by atoms with Gasteiger partial charge in [0.15, 0.2) is 0 Å². The molecule has 1 aliphatic heterocycles. The Morgan fingerprint density at radius 3 is 2.81 bits per heavy atom. The molecule has 2 atom stereocenters. The smallest absolute Gasteiger partial charge is 0.223 e. The van der Waals surface area contributed by atoms with Crippen LogP contribution in [0.15, 0.2) is 36.7 Å². The van der Waals surface area contributed by atoms with Gasteiger partial charge in [-0.25, -0.2) is 9.37 Å². The van der Waals surface area contributed by atoms with Crippen molar-refractivity contribution in [2.75, 3.05) is 13.6 Å². The Labute approximate surface area is 153 Å². The van der Waals surface area contributed by atoms with Crippen molar-refractivity contribution in [2.45, 2.75) is 37.3 Å². The van der Waals surface area contributed by atoms with Crippen molar-refractivity contribution in [3.63, 3.8) is 0 Å². The number of imidazole rings is 1. The quantitative estimate of drug-likeness (QED) is 0.896. The van der Waals surface area contributed by atoms with Crippen LogP contribution in [0.2, 0.25) is 0 Å².